The van der Waals surface area contributed by atoms with E-state index in [1.807, 2.05) is 44.2 Å². The summed E-state index contributed by atoms with van der Waals surface area (Å²) in [6.45, 7) is 5.19. The number of methoxy groups -OCH3 is 1. The van der Waals surface area contributed by atoms with E-state index in [4.69, 9.17) is 9.47 Å². The van der Waals surface area contributed by atoms with Crippen LogP contribution >= 0.6 is 0 Å². The summed E-state index contributed by atoms with van der Waals surface area (Å²) in [4.78, 5) is 26.2. The number of hydrogen-bond donors (Lipinski definition) is 0. The van der Waals surface area contributed by atoms with Gasteiger partial charge in [-0.25, -0.2) is 4.79 Å². The molecule has 23 heavy (non-hydrogen) atoms. The molecular weight excluding hydrogens is 294 g/mol. The lowest BCUT2D eigenvalue weighted by Crippen LogP contribution is -2.53. The van der Waals surface area contributed by atoms with E-state index < -0.39 is 5.41 Å². The van der Waals surface area contributed by atoms with Crippen molar-refractivity contribution in [1.82, 2.24) is 4.90 Å². The van der Waals surface area contributed by atoms with Gasteiger partial charge in [-0.2, -0.15) is 0 Å². The fourth-order valence-corrected chi connectivity index (χ4v) is 3.13. The molecule has 0 spiro atoms. The van der Waals surface area contributed by atoms with Gasteiger partial charge in [0.05, 0.1) is 12.5 Å². The summed E-state index contributed by atoms with van der Waals surface area (Å²) < 4.78 is 10.4. The minimum Gasteiger partial charge on any atom is -0.469 e. The third kappa shape index (κ3) is 3.84. The van der Waals surface area contributed by atoms with Gasteiger partial charge in [-0.15, -0.1) is 0 Å². The molecule has 2 rings (SSSR count). The van der Waals surface area contributed by atoms with Gasteiger partial charge < -0.3 is 14.4 Å². The molecule has 0 radical (unpaired) electrons. The van der Waals surface area contributed by atoms with Gasteiger partial charge in [-0.3, -0.25) is 4.79 Å². The Morgan fingerprint density at radius 1 is 1.26 bits per heavy atom. The molecule has 1 unspecified atom stereocenters. The molecule has 1 atom stereocenters. The van der Waals surface area contributed by atoms with Crippen LogP contribution in [0.1, 0.15) is 32.3 Å². The normalized spacial score (nSPS) is 21.1. The first kappa shape index (κ1) is 17.3. The maximum Gasteiger partial charge on any atom is 0.410 e. The summed E-state index contributed by atoms with van der Waals surface area (Å²) in [7, 11) is 1.40. The Balaban J connectivity index is 2.02. The number of carbonyl (C=O) groups excluding carboxylic acids is 2. The van der Waals surface area contributed by atoms with Crippen LogP contribution in [0.3, 0.4) is 0 Å². The molecule has 1 fully saturated rings. The summed E-state index contributed by atoms with van der Waals surface area (Å²) in [5.41, 5.74) is 0.305. The summed E-state index contributed by atoms with van der Waals surface area (Å²) >= 11 is 0. The van der Waals surface area contributed by atoms with Crippen LogP contribution in [0.4, 0.5) is 4.79 Å². The minimum atomic E-state index is -0.640. The topological polar surface area (TPSA) is 55.8 Å². The summed E-state index contributed by atoms with van der Waals surface area (Å²) in [5, 5.41) is 0. The third-order valence-corrected chi connectivity index (χ3v) is 4.68. The Morgan fingerprint density at radius 3 is 2.57 bits per heavy atom. The van der Waals surface area contributed by atoms with Crippen molar-refractivity contribution >= 4 is 12.1 Å². The second-order valence-electron chi connectivity index (χ2n) is 6.37. The highest BCUT2D eigenvalue weighted by molar-refractivity contribution is 5.79. The van der Waals surface area contributed by atoms with Gasteiger partial charge in [0.1, 0.15) is 6.61 Å². The van der Waals surface area contributed by atoms with E-state index >= 15 is 0 Å². The monoisotopic (exact) mass is 319 g/mol. The Morgan fingerprint density at radius 2 is 1.96 bits per heavy atom. The average molecular weight is 319 g/mol. The number of carbonyl (C=O) groups is 2. The molecule has 1 amide bonds. The molecule has 1 aromatic rings. The van der Waals surface area contributed by atoms with Crippen LogP contribution in [0.2, 0.25) is 0 Å². The van der Waals surface area contributed by atoms with Crippen molar-refractivity contribution in [2.75, 3.05) is 20.2 Å². The zero-order chi connectivity index (χ0) is 16.9. The van der Waals surface area contributed by atoms with E-state index in [-0.39, 0.29) is 24.6 Å². The zero-order valence-electron chi connectivity index (χ0n) is 14.1. The molecule has 126 valence electrons. The van der Waals surface area contributed by atoms with Gasteiger partial charge in [0.15, 0.2) is 0 Å². The number of hydrogen-bond acceptors (Lipinski definition) is 4. The fraction of sp³-hybridized carbons (Fsp3) is 0.556. The lowest BCUT2D eigenvalue weighted by Gasteiger charge is -2.42. The van der Waals surface area contributed by atoms with Gasteiger partial charge in [0.2, 0.25) is 0 Å². The molecule has 0 aromatic heterocycles. The Labute approximate surface area is 137 Å². The standard InChI is InChI=1S/C18H25NO4/c1-14(2)18(16(20)22-3)10-7-11-19(13-18)17(21)23-12-15-8-5-4-6-9-15/h4-6,8-9,14H,7,10-13H2,1-3H3. The summed E-state index contributed by atoms with van der Waals surface area (Å²) in [6, 6.07) is 9.56. The number of amides is 1. The number of rotatable bonds is 4. The second kappa shape index (κ2) is 7.49. The fourth-order valence-electron chi connectivity index (χ4n) is 3.13. The molecule has 1 aliphatic rings. The largest absolute Gasteiger partial charge is 0.469 e. The van der Waals surface area contributed by atoms with Crippen LogP contribution in [0.15, 0.2) is 30.3 Å². The third-order valence-electron chi connectivity index (χ3n) is 4.68. The lowest BCUT2D eigenvalue weighted by atomic mass is 9.71. The van der Waals surface area contributed by atoms with Gasteiger partial charge >= 0.3 is 12.1 Å². The van der Waals surface area contributed by atoms with Gasteiger partial charge in [-0.1, -0.05) is 44.2 Å². The average Bonchev–Trinajstić information content (AvgIpc) is 2.59. The molecule has 5 heteroatoms. The van der Waals surface area contributed by atoms with Crippen LogP contribution in [-0.4, -0.2) is 37.2 Å². The van der Waals surface area contributed by atoms with E-state index in [1.54, 1.807) is 4.90 Å². The highest BCUT2D eigenvalue weighted by Gasteiger charge is 2.47. The molecule has 5 nitrogen and oxygen atoms in total. The van der Waals surface area contributed by atoms with Gasteiger partial charge in [-0.05, 0) is 24.3 Å². The Kier molecular flexibility index (Phi) is 5.64. The van der Waals surface area contributed by atoms with Crippen molar-refractivity contribution < 1.29 is 19.1 Å². The van der Waals surface area contributed by atoms with Crippen molar-refractivity contribution in [1.29, 1.82) is 0 Å². The number of esters is 1. The van der Waals surface area contributed by atoms with Crippen molar-refractivity contribution in [3.05, 3.63) is 35.9 Å². The lowest BCUT2D eigenvalue weighted by molar-refractivity contribution is -0.159. The number of likely N-dealkylation sites (tertiary alicyclic amines) is 1. The highest BCUT2D eigenvalue weighted by Crippen LogP contribution is 2.38. The maximum atomic E-state index is 12.3. The predicted octanol–water partition coefficient (Wildman–Crippen LogP) is 3.23. The van der Waals surface area contributed by atoms with E-state index in [0.717, 1.165) is 18.4 Å². The molecule has 0 aliphatic carbocycles. The van der Waals surface area contributed by atoms with E-state index in [0.29, 0.717) is 13.1 Å². The second-order valence-corrected chi connectivity index (χ2v) is 6.37. The van der Waals surface area contributed by atoms with Crippen LogP contribution in [0.25, 0.3) is 0 Å². The first-order valence-corrected chi connectivity index (χ1v) is 8.03. The van der Waals surface area contributed by atoms with E-state index in [2.05, 4.69) is 0 Å². The molecule has 1 saturated heterocycles. The number of nitrogens with zero attached hydrogens (tertiary/aromatic N) is 1. The summed E-state index contributed by atoms with van der Waals surface area (Å²) in [5.74, 6) is -0.146. The van der Waals surface area contributed by atoms with Crippen molar-refractivity contribution in [3.8, 4) is 0 Å². The van der Waals surface area contributed by atoms with E-state index in [1.165, 1.54) is 7.11 Å². The van der Waals surface area contributed by atoms with Crippen LogP contribution in [0.5, 0.6) is 0 Å². The predicted molar refractivity (Wildman–Crippen MR) is 86.7 cm³/mol. The van der Waals surface area contributed by atoms with Crippen molar-refractivity contribution in [2.24, 2.45) is 11.3 Å². The van der Waals surface area contributed by atoms with Gasteiger partial charge in [0.25, 0.3) is 0 Å². The smallest absolute Gasteiger partial charge is 0.410 e. The minimum absolute atomic E-state index is 0.0969. The first-order chi connectivity index (χ1) is 11.0. The number of piperidine rings is 1. The number of benzene rings is 1. The molecule has 1 aliphatic heterocycles. The quantitative estimate of drug-likeness (QED) is 0.800. The Bertz CT molecular complexity index is 543. The molecule has 0 saturated carbocycles. The first-order valence-electron chi connectivity index (χ1n) is 8.03. The maximum absolute atomic E-state index is 12.3. The number of ether oxygens (including phenoxy) is 2. The van der Waals surface area contributed by atoms with Gasteiger partial charge in [0, 0.05) is 13.1 Å². The van der Waals surface area contributed by atoms with E-state index in [9.17, 15) is 9.59 Å². The van der Waals surface area contributed by atoms with Crippen LogP contribution < -0.4 is 0 Å². The molecule has 1 aromatic carbocycles. The molecule has 1 heterocycles. The highest BCUT2D eigenvalue weighted by atomic mass is 16.6. The van der Waals surface area contributed by atoms with Crippen LogP contribution in [-0.2, 0) is 20.9 Å². The zero-order valence-corrected chi connectivity index (χ0v) is 14.1. The SMILES string of the molecule is COC(=O)C1(C(C)C)CCCN(C(=O)OCc2ccccc2)C1. The van der Waals surface area contributed by atoms with Crippen LogP contribution in [0, 0.1) is 11.3 Å². The van der Waals surface area contributed by atoms with Crippen molar-refractivity contribution in [3.63, 3.8) is 0 Å². The molecular formula is C18H25NO4. The Hall–Kier alpha value is -2.04. The van der Waals surface area contributed by atoms with Crippen molar-refractivity contribution in [2.45, 2.75) is 33.3 Å². The summed E-state index contributed by atoms with van der Waals surface area (Å²) in [6.07, 6.45) is 1.13. The molecule has 0 N–H and O–H groups in total. The molecule has 0 bridgehead atoms.